The maximum absolute atomic E-state index is 16.4. The van der Waals surface area contributed by atoms with Gasteiger partial charge in [0.15, 0.2) is 0 Å². The Kier molecular flexibility index (Phi) is 11.1. The van der Waals surface area contributed by atoms with E-state index in [1.54, 1.807) is 24.8 Å². The molecule has 0 saturated carbocycles. The first-order valence-corrected chi connectivity index (χ1v) is 21.9. The third-order valence-corrected chi connectivity index (χ3v) is 12.9. The summed E-state index contributed by atoms with van der Waals surface area (Å²) in [5.74, 6) is -0.204. The third kappa shape index (κ3) is 8.31. The van der Waals surface area contributed by atoms with Crippen LogP contribution in [0.3, 0.4) is 0 Å². The maximum atomic E-state index is 16.4. The molecule has 1 unspecified atom stereocenters. The number of nitrogens with zero attached hydrogens (tertiary/aromatic N) is 8. The molecule has 4 amide bonds. The number of hydrogen-bond acceptors (Lipinski definition) is 11. The van der Waals surface area contributed by atoms with Crippen LogP contribution in [0.5, 0.6) is 0 Å². The summed E-state index contributed by atoms with van der Waals surface area (Å²) in [6.45, 7) is 18.7. The number of anilines is 3. The fourth-order valence-electron chi connectivity index (χ4n) is 9.29. The van der Waals surface area contributed by atoms with E-state index in [1.165, 1.54) is 12.0 Å². The standard InChI is InChI=1S/C47H54FN11O4/c1-27-23-35-36(52-42-39(35)41(49-26-50-42)34-12-11-33(28(2)40(34)48)29(3)51-44(61)43-54-45(63-55-43)47(4,5)6)24-37(27)58-21-19-56(20-22-58)25-30-13-16-57(17-14-30)31-7-9-32(10-8-31)59-18-15-38(60)53-46(59)62/h7-12,23-24,26,29-30H,13-22,25H2,1-6H3,(H,51,61)(H,49,50,52)(H,53,60,62). The Morgan fingerprint density at radius 2 is 1.67 bits per heavy atom. The van der Waals surface area contributed by atoms with Gasteiger partial charge in [0.25, 0.3) is 11.7 Å². The van der Waals surface area contributed by atoms with Crippen LogP contribution in [0.1, 0.15) is 86.2 Å². The number of carbonyl (C=O) groups excluding carboxylic acids is 3. The molecule has 3 aromatic carbocycles. The van der Waals surface area contributed by atoms with Crippen molar-refractivity contribution in [2.75, 3.05) is 67.1 Å². The Morgan fingerprint density at radius 3 is 2.37 bits per heavy atom. The van der Waals surface area contributed by atoms with Crippen molar-refractivity contribution in [2.24, 2.45) is 5.92 Å². The van der Waals surface area contributed by atoms with Gasteiger partial charge in [-0.25, -0.2) is 19.2 Å². The first-order valence-electron chi connectivity index (χ1n) is 21.9. The lowest BCUT2D eigenvalue weighted by atomic mass is 9.95. The van der Waals surface area contributed by atoms with Gasteiger partial charge in [0.05, 0.1) is 17.1 Å². The lowest BCUT2D eigenvalue weighted by Gasteiger charge is -2.40. The minimum absolute atomic E-state index is 0.0664. The average molecular weight is 856 g/mol. The number of imide groups is 1. The number of urea groups is 1. The number of H-pyrrole nitrogens is 1. The van der Waals surface area contributed by atoms with Crippen LogP contribution in [0.2, 0.25) is 0 Å². The van der Waals surface area contributed by atoms with Gasteiger partial charge in [-0.3, -0.25) is 24.7 Å². The van der Waals surface area contributed by atoms with Crippen LogP contribution < -0.4 is 25.3 Å². The van der Waals surface area contributed by atoms with Crippen LogP contribution in [0, 0.1) is 25.6 Å². The van der Waals surface area contributed by atoms with E-state index >= 15 is 4.39 Å². The van der Waals surface area contributed by atoms with Crippen LogP contribution in [0.4, 0.5) is 26.2 Å². The van der Waals surface area contributed by atoms with Gasteiger partial charge in [-0.2, -0.15) is 4.98 Å². The van der Waals surface area contributed by atoms with Crippen molar-refractivity contribution >= 4 is 56.8 Å². The molecule has 3 saturated heterocycles. The minimum atomic E-state index is -0.525. The molecule has 3 N–H and O–H groups in total. The molecule has 3 aliphatic rings. The van der Waals surface area contributed by atoms with Gasteiger partial charge in [0.2, 0.25) is 11.8 Å². The lowest BCUT2D eigenvalue weighted by molar-refractivity contribution is -0.120. The van der Waals surface area contributed by atoms with Gasteiger partial charge in [-0.15, -0.1) is 0 Å². The SMILES string of the molecule is Cc1cc2c(cc1N1CCN(CC3CCN(c4ccc(N5CCC(=O)NC5=O)cc4)CC3)CC1)[nH]c1ncnc(-c3ccc(C(C)NC(=O)c4noc(C(C)(C)C)n4)c(C)c3F)c12. The summed E-state index contributed by atoms with van der Waals surface area (Å²) < 4.78 is 21.7. The van der Waals surface area contributed by atoms with E-state index < -0.39 is 23.2 Å². The quantitative estimate of drug-likeness (QED) is 0.135. The van der Waals surface area contributed by atoms with E-state index in [0.717, 1.165) is 91.9 Å². The first-order chi connectivity index (χ1) is 30.2. The molecule has 0 spiro atoms. The molecule has 0 aliphatic carbocycles. The predicted molar refractivity (Wildman–Crippen MR) is 241 cm³/mol. The number of rotatable bonds is 9. The average Bonchev–Trinajstić information content (AvgIpc) is 3.92. The highest BCUT2D eigenvalue weighted by molar-refractivity contribution is 6.13. The van der Waals surface area contributed by atoms with E-state index in [1.807, 2.05) is 39.0 Å². The van der Waals surface area contributed by atoms with E-state index in [4.69, 9.17) is 4.52 Å². The second-order valence-corrected chi connectivity index (χ2v) is 18.3. The van der Waals surface area contributed by atoms with E-state index in [9.17, 15) is 14.4 Å². The molecule has 16 heteroatoms. The Labute approximate surface area is 365 Å². The number of aromatic nitrogens is 5. The number of aryl methyl sites for hydroxylation is 1. The van der Waals surface area contributed by atoms with Gasteiger partial charge >= 0.3 is 6.03 Å². The fraction of sp³-hybridized carbons (Fsp3) is 0.426. The van der Waals surface area contributed by atoms with Crippen molar-refractivity contribution in [3.8, 4) is 11.3 Å². The number of carbonyl (C=O) groups is 3. The Hall–Kier alpha value is -6.42. The van der Waals surface area contributed by atoms with E-state index in [-0.39, 0.29) is 17.8 Å². The van der Waals surface area contributed by atoms with Crippen molar-refractivity contribution in [3.63, 3.8) is 0 Å². The molecular weight excluding hydrogens is 802 g/mol. The van der Waals surface area contributed by atoms with Crippen LogP contribution in [0.15, 0.2) is 59.4 Å². The summed E-state index contributed by atoms with van der Waals surface area (Å²) in [4.78, 5) is 62.9. The van der Waals surface area contributed by atoms with Crippen LogP contribution in [-0.2, 0) is 10.2 Å². The number of piperidine rings is 1. The van der Waals surface area contributed by atoms with Gasteiger partial charge in [0, 0.05) is 97.7 Å². The number of fused-ring (bicyclic) bond motifs is 3. The molecule has 328 valence electrons. The van der Waals surface area contributed by atoms with Crippen molar-refractivity contribution in [1.82, 2.24) is 40.6 Å². The number of amides is 4. The number of nitrogens with one attached hydrogen (secondary N) is 3. The largest absolute Gasteiger partial charge is 0.372 e. The number of benzene rings is 3. The number of halogens is 1. The zero-order chi connectivity index (χ0) is 44.2. The van der Waals surface area contributed by atoms with E-state index in [2.05, 4.69) is 81.6 Å². The Bertz CT molecular complexity index is 2710. The summed E-state index contributed by atoms with van der Waals surface area (Å²) in [6, 6.07) is 15.1. The third-order valence-electron chi connectivity index (χ3n) is 12.9. The molecule has 9 rings (SSSR count). The van der Waals surface area contributed by atoms with Gasteiger partial charge < -0.3 is 24.6 Å². The van der Waals surface area contributed by atoms with E-state index in [0.29, 0.717) is 52.8 Å². The van der Waals surface area contributed by atoms with Crippen molar-refractivity contribution in [3.05, 3.63) is 89.1 Å². The Balaban J connectivity index is 0.829. The van der Waals surface area contributed by atoms with Gasteiger partial charge in [-0.05, 0) is 98.7 Å². The Morgan fingerprint density at radius 1 is 0.937 bits per heavy atom. The highest BCUT2D eigenvalue weighted by Gasteiger charge is 2.29. The molecule has 15 nitrogen and oxygen atoms in total. The lowest BCUT2D eigenvalue weighted by Crippen LogP contribution is -2.49. The summed E-state index contributed by atoms with van der Waals surface area (Å²) in [5, 5.41) is 10.8. The predicted octanol–water partition coefficient (Wildman–Crippen LogP) is 7.19. The molecule has 6 heterocycles. The van der Waals surface area contributed by atoms with Gasteiger partial charge in [0.1, 0.15) is 17.8 Å². The molecule has 3 aromatic heterocycles. The highest BCUT2D eigenvalue weighted by Crippen LogP contribution is 2.38. The molecule has 63 heavy (non-hydrogen) atoms. The number of hydrogen-bond donors (Lipinski definition) is 3. The fourth-order valence-corrected chi connectivity index (χ4v) is 9.29. The molecular formula is C47H54FN11O4. The second-order valence-electron chi connectivity index (χ2n) is 18.3. The second kappa shape index (κ2) is 16.7. The molecule has 0 radical (unpaired) electrons. The number of piperazine rings is 1. The maximum Gasteiger partial charge on any atom is 0.328 e. The normalized spacial score (nSPS) is 17.5. The molecule has 0 bridgehead atoms. The topological polar surface area (TPSA) is 169 Å². The van der Waals surface area contributed by atoms with Crippen molar-refractivity contribution < 1.29 is 23.3 Å². The summed E-state index contributed by atoms with van der Waals surface area (Å²) in [5.41, 5.74) is 7.34. The van der Waals surface area contributed by atoms with Gasteiger partial charge in [-0.1, -0.05) is 32.0 Å². The summed E-state index contributed by atoms with van der Waals surface area (Å²) in [7, 11) is 0. The molecule has 3 fully saturated rings. The van der Waals surface area contributed by atoms with Crippen LogP contribution in [0.25, 0.3) is 33.2 Å². The number of aromatic amines is 1. The molecule has 1 atom stereocenters. The molecule has 6 aromatic rings. The first kappa shape index (κ1) is 41.9. The summed E-state index contributed by atoms with van der Waals surface area (Å²) >= 11 is 0. The monoisotopic (exact) mass is 855 g/mol. The van der Waals surface area contributed by atoms with Crippen LogP contribution >= 0.6 is 0 Å². The van der Waals surface area contributed by atoms with Crippen molar-refractivity contribution in [2.45, 2.75) is 72.3 Å². The highest BCUT2D eigenvalue weighted by atomic mass is 19.1. The minimum Gasteiger partial charge on any atom is -0.372 e. The zero-order valence-electron chi connectivity index (χ0n) is 36.7. The summed E-state index contributed by atoms with van der Waals surface area (Å²) in [6.07, 6.45) is 4.04. The smallest absolute Gasteiger partial charge is 0.328 e. The van der Waals surface area contributed by atoms with Crippen molar-refractivity contribution in [1.29, 1.82) is 0 Å². The molecule has 3 aliphatic heterocycles. The zero-order valence-corrected chi connectivity index (χ0v) is 36.7. The van der Waals surface area contributed by atoms with Crippen LogP contribution in [-0.4, -0.2) is 100 Å².